The Hall–Kier alpha value is -3.32. The minimum Gasteiger partial charge on any atom is -0.507 e. The average molecular weight is 423 g/mol. The smallest absolute Gasteiger partial charge is 0.295 e. The van der Waals surface area contributed by atoms with E-state index < -0.39 is 17.7 Å². The topological polar surface area (TPSA) is 85.3 Å². The van der Waals surface area contributed by atoms with Crippen molar-refractivity contribution in [1.29, 1.82) is 0 Å². The SMILES string of the molecule is COc1ccc(C(O)=C2C(=O)C(=O)N(C[C@H]3CCCO3)[C@H]2c2cccc(OC)c2)cc1. The van der Waals surface area contributed by atoms with Crippen LogP contribution in [0.25, 0.3) is 5.76 Å². The average Bonchev–Trinajstić information content (AvgIpc) is 3.41. The molecular formula is C24H25NO6. The molecule has 0 bridgehead atoms. The van der Waals surface area contributed by atoms with Crippen LogP contribution in [0.3, 0.4) is 0 Å². The Morgan fingerprint density at radius 3 is 2.48 bits per heavy atom. The van der Waals surface area contributed by atoms with Gasteiger partial charge in [-0.25, -0.2) is 0 Å². The second-order valence-corrected chi connectivity index (χ2v) is 7.59. The Bertz CT molecular complexity index is 1010. The number of ketones is 1. The van der Waals surface area contributed by atoms with Gasteiger partial charge in [0.15, 0.2) is 0 Å². The third-order valence-electron chi connectivity index (χ3n) is 5.74. The highest BCUT2D eigenvalue weighted by Crippen LogP contribution is 2.41. The first-order chi connectivity index (χ1) is 15.0. The molecule has 4 rings (SSSR count). The maximum atomic E-state index is 13.1. The van der Waals surface area contributed by atoms with E-state index in [1.807, 2.05) is 6.07 Å². The second-order valence-electron chi connectivity index (χ2n) is 7.59. The van der Waals surface area contributed by atoms with Crippen LogP contribution in [0, 0.1) is 0 Å². The van der Waals surface area contributed by atoms with E-state index in [1.54, 1.807) is 56.7 Å². The number of amides is 1. The summed E-state index contributed by atoms with van der Waals surface area (Å²) in [7, 11) is 3.11. The molecule has 0 unspecified atom stereocenters. The van der Waals surface area contributed by atoms with Gasteiger partial charge in [-0.1, -0.05) is 12.1 Å². The first kappa shape index (κ1) is 20.9. The Morgan fingerprint density at radius 1 is 1.10 bits per heavy atom. The van der Waals surface area contributed by atoms with Gasteiger partial charge in [-0.15, -0.1) is 0 Å². The molecule has 0 spiro atoms. The predicted octanol–water partition coefficient (Wildman–Crippen LogP) is 3.30. The molecule has 162 valence electrons. The van der Waals surface area contributed by atoms with Crippen molar-refractivity contribution in [3.8, 4) is 11.5 Å². The van der Waals surface area contributed by atoms with Gasteiger partial charge in [-0.3, -0.25) is 9.59 Å². The summed E-state index contributed by atoms with van der Waals surface area (Å²) in [5.41, 5.74) is 1.18. The van der Waals surface area contributed by atoms with Crippen LogP contribution in [0.2, 0.25) is 0 Å². The number of rotatable bonds is 6. The molecule has 7 nitrogen and oxygen atoms in total. The molecule has 2 aromatic carbocycles. The maximum absolute atomic E-state index is 13.1. The lowest BCUT2D eigenvalue weighted by molar-refractivity contribution is -0.140. The highest BCUT2D eigenvalue weighted by atomic mass is 16.5. The fourth-order valence-corrected chi connectivity index (χ4v) is 4.14. The van der Waals surface area contributed by atoms with Gasteiger partial charge in [0.05, 0.1) is 31.9 Å². The number of carbonyl (C=O) groups excluding carboxylic acids is 2. The summed E-state index contributed by atoms with van der Waals surface area (Å²) in [5.74, 6) is -0.342. The van der Waals surface area contributed by atoms with Crippen molar-refractivity contribution in [2.45, 2.75) is 25.0 Å². The fourth-order valence-electron chi connectivity index (χ4n) is 4.14. The standard InChI is InChI=1S/C24H25NO6/c1-29-17-10-8-15(9-11-17)22(26)20-21(16-5-3-6-18(13-16)30-2)25(24(28)23(20)27)14-19-7-4-12-31-19/h3,5-6,8-11,13,19,21,26H,4,7,12,14H2,1-2H3/t19-,21+/m1/s1. The molecule has 31 heavy (non-hydrogen) atoms. The predicted molar refractivity (Wildman–Crippen MR) is 114 cm³/mol. The van der Waals surface area contributed by atoms with E-state index in [4.69, 9.17) is 14.2 Å². The largest absolute Gasteiger partial charge is 0.507 e. The number of nitrogens with zero attached hydrogens (tertiary/aromatic N) is 1. The molecule has 2 aromatic rings. The van der Waals surface area contributed by atoms with Crippen molar-refractivity contribution in [1.82, 2.24) is 4.90 Å². The number of Topliss-reactive ketones (excluding diaryl/α,β-unsaturated/α-hetero) is 1. The number of hydrogen-bond donors (Lipinski definition) is 1. The number of aliphatic hydroxyl groups is 1. The lowest BCUT2D eigenvalue weighted by Gasteiger charge is -2.27. The van der Waals surface area contributed by atoms with Gasteiger partial charge >= 0.3 is 0 Å². The molecule has 2 aliphatic heterocycles. The zero-order valence-corrected chi connectivity index (χ0v) is 17.5. The van der Waals surface area contributed by atoms with Crippen LogP contribution >= 0.6 is 0 Å². The summed E-state index contributed by atoms with van der Waals surface area (Å²) in [5, 5.41) is 11.1. The van der Waals surface area contributed by atoms with Crippen LogP contribution in [-0.2, 0) is 14.3 Å². The fraction of sp³-hybridized carbons (Fsp3) is 0.333. The summed E-state index contributed by atoms with van der Waals surface area (Å²) >= 11 is 0. The van der Waals surface area contributed by atoms with Gasteiger partial charge in [-0.2, -0.15) is 0 Å². The molecule has 1 amide bonds. The molecule has 2 aliphatic rings. The molecule has 0 radical (unpaired) electrons. The lowest BCUT2D eigenvalue weighted by atomic mass is 9.95. The molecule has 7 heteroatoms. The number of likely N-dealkylation sites (tertiary alicyclic amines) is 1. The van der Waals surface area contributed by atoms with Gasteiger partial charge in [0, 0.05) is 18.7 Å². The van der Waals surface area contributed by atoms with E-state index >= 15 is 0 Å². The monoisotopic (exact) mass is 423 g/mol. The molecule has 0 aromatic heterocycles. The molecule has 0 aliphatic carbocycles. The zero-order valence-electron chi connectivity index (χ0n) is 17.5. The Labute approximate surface area is 180 Å². The molecule has 2 saturated heterocycles. The van der Waals surface area contributed by atoms with Crippen LogP contribution in [-0.4, -0.2) is 55.2 Å². The maximum Gasteiger partial charge on any atom is 0.295 e. The normalized spacial score (nSPS) is 22.7. The Balaban J connectivity index is 1.81. The summed E-state index contributed by atoms with van der Waals surface area (Å²) in [6.07, 6.45) is 1.61. The minimum atomic E-state index is -0.735. The van der Waals surface area contributed by atoms with E-state index in [-0.39, 0.29) is 24.0 Å². The number of hydrogen-bond acceptors (Lipinski definition) is 6. The molecule has 2 heterocycles. The molecular weight excluding hydrogens is 398 g/mol. The molecule has 2 fully saturated rings. The van der Waals surface area contributed by atoms with Crippen LogP contribution in [0.1, 0.15) is 30.0 Å². The van der Waals surface area contributed by atoms with Crippen molar-refractivity contribution in [3.05, 3.63) is 65.2 Å². The molecule has 1 N–H and O–H groups in total. The van der Waals surface area contributed by atoms with E-state index in [1.165, 1.54) is 4.90 Å². The number of carbonyl (C=O) groups is 2. The van der Waals surface area contributed by atoms with E-state index in [2.05, 4.69) is 0 Å². The van der Waals surface area contributed by atoms with Crippen molar-refractivity contribution in [2.75, 3.05) is 27.4 Å². The lowest BCUT2D eigenvalue weighted by Crippen LogP contribution is -2.36. The third-order valence-corrected chi connectivity index (χ3v) is 5.74. The highest BCUT2D eigenvalue weighted by Gasteiger charge is 2.47. The summed E-state index contributed by atoms with van der Waals surface area (Å²) in [6.45, 7) is 0.927. The van der Waals surface area contributed by atoms with Gasteiger partial charge in [0.2, 0.25) is 0 Å². The Kier molecular flexibility index (Phi) is 5.95. The van der Waals surface area contributed by atoms with Gasteiger partial charge in [-0.05, 0) is 54.8 Å². The van der Waals surface area contributed by atoms with E-state index in [0.717, 1.165) is 12.8 Å². The van der Waals surface area contributed by atoms with Crippen molar-refractivity contribution in [3.63, 3.8) is 0 Å². The highest BCUT2D eigenvalue weighted by molar-refractivity contribution is 6.46. The first-order valence-corrected chi connectivity index (χ1v) is 10.2. The van der Waals surface area contributed by atoms with Gasteiger partial charge < -0.3 is 24.2 Å². The minimum absolute atomic E-state index is 0.0569. The molecule has 2 atom stereocenters. The summed E-state index contributed by atoms with van der Waals surface area (Å²) in [4.78, 5) is 27.6. The zero-order chi connectivity index (χ0) is 22.0. The number of ether oxygens (including phenoxy) is 3. The first-order valence-electron chi connectivity index (χ1n) is 10.2. The summed E-state index contributed by atoms with van der Waals surface area (Å²) < 4.78 is 16.2. The number of methoxy groups -OCH3 is 2. The van der Waals surface area contributed by atoms with Crippen molar-refractivity contribution in [2.24, 2.45) is 0 Å². The van der Waals surface area contributed by atoms with Crippen molar-refractivity contribution >= 4 is 17.4 Å². The second kappa shape index (κ2) is 8.81. The van der Waals surface area contributed by atoms with Gasteiger partial charge in [0.1, 0.15) is 17.3 Å². The van der Waals surface area contributed by atoms with E-state index in [0.29, 0.717) is 29.2 Å². The molecule has 0 saturated carbocycles. The number of aliphatic hydroxyl groups excluding tert-OH is 1. The van der Waals surface area contributed by atoms with Crippen molar-refractivity contribution < 1.29 is 28.9 Å². The van der Waals surface area contributed by atoms with E-state index in [9.17, 15) is 14.7 Å². The Morgan fingerprint density at radius 2 is 1.84 bits per heavy atom. The van der Waals surface area contributed by atoms with Crippen LogP contribution < -0.4 is 9.47 Å². The van der Waals surface area contributed by atoms with Crippen LogP contribution in [0.5, 0.6) is 11.5 Å². The third kappa shape index (κ3) is 4.01. The van der Waals surface area contributed by atoms with Gasteiger partial charge in [0.25, 0.3) is 11.7 Å². The quantitative estimate of drug-likeness (QED) is 0.436. The van der Waals surface area contributed by atoms with Crippen LogP contribution in [0.15, 0.2) is 54.1 Å². The number of benzene rings is 2. The van der Waals surface area contributed by atoms with Crippen LogP contribution in [0.4, 0.5) is 0 Å². The summed E-state index contributed by atoms with van der Waals surface area (Å²) in [6, 6.07) is 13.2.